The summed E-state index contributed by atoms with van der Waals surface area (Å²) in [6.45, 7) is -0.0510. The van der Waals surface area contributed by atoms with Gasteiger partial charge < -0.3 is 34.4 Å². The maximum atomic E-state index is 10.2. The van der Waals surface area contributed by atoms with Crippen molar-refractivity contribution in [3.8, 4) is 17.2 Å². The van der Waals surface area contributed by atoms with Crippen molar-refractivity contribution in [3.05, 3.63) is 53.1 Å². The summed E-state index contributed by atoms with van der Waals surface area (Å²) in [6.07, 6.45) is 2.37. The normalized spacial score (nSPS) is 9.07. The van der Waals surface area contributed by atoms with E-state index in [-0.39, 0.29) is 12.4 Å². The molecule has 7 heteroatoms. The molecule has 7 nitrogen and oxygen atoms in total. The molecule has 0 atom stereocenters. The first kappa shape index (κ1) is 24.1. The second kappa shape index (κ2) is 14.3. The van der Waals surface area contributed by atoms with E-state index >= 15 is 0 Å². The monoisotopic (exact) mass is 378 g/mol. The van der Waals surface area contributed by atoms with E-state index in [4.69, 9.17) is 19.7 Å². The summed E-state index contributed by atoms with van der Waals surface area (Å²) >= 11 is 0. The van der Waals surface area contributed by atoms with Crippen LogP contribution in [-0.4, -0.2) is 49.2 Å². The number of ether oxygens (including phenoxy) is 2. The third-order valence-electron chi connectivity index (χ3n) is 3.40. The summed E-state index contributed by atoms with van der Waals surface area (Å²) < 4.78 is 9.91. The van der Waals surface area contributed by atoms with Crippen molar-refractivity contribution >= 4 is 12.6 Å². The summed E-state index contributed by atoms with van der Waals surface area (Å²) in [7, 11) is 4.01. The fourth-order valence-corrected chi connectivity index (χ4v) is 2.09. The van der Waals surface area contributed by atoms with E-state index in [1.165, 1.54) is 13.2 Å². The first-order valence-corrected chi connectivity index (χ1v) is 8.04. The molecule has 2 aromatic carbocycles. The average molecular weight is 378 g/mol. The average Bonchev–Trinajstić information content (AvgIpc) is 2.71. The van der Waals surface area contributed by atoms with E-state index in [0.29, 0.717) is 24.3 Å². The topological polar surface area (TPSA) is 113 Å². The van der Waals surface area contributed by atoms with Crippen molar-refractivity contribution in [1.82, 2.24) is 0 Å². The molecule has 0 aliphatic carbocycles. The van der Waals surface area contributed by atoms with Gasteiger partial charge in [-0.15, -0.1) is 0 Å². The number of aliphatic hydroxyl groups excluding tert-OH is 2. The lowest BCUT2D eigenvalue weighted by Gasteiger charge is -2.06. The zero-order valence-electron chi connectivity index (χ0n) is 15.7. The molecule has 0 aliphatic rings. The third kappa shape index (κ3) is 8.35. The van der Waals surface area contributed by atoms with Gasteiger partial charge in [-0.05, 0) is 29.3 Å². The van der Waals surface area contributed by atoms with E-state index in [1.54, 1.807) is 31.4 Å². The minimum Gasteiger partial charge on any atom is -0.504 e. The van der Waals surface area contributed by atoms with Gasteiger partial charge in [-0.3, -0.25) is 0 Å². The SMILES string of the molecule is CO.COc1cc(CC=O)ccc1CO.COc1cc(CC=O)ccc1O. The van der Waals surface area contributed by atoms with Crippen LogP contribution in [0.5, 0.6) is 17.2 Å². The fourth-order valence-electron chi connectivity index (χ4n) is 2.09. The standard InChI is InChI=1S/C10H12O3.C9H10O3.CH4O/c1-13-10-6-8(4-5-11)2-3-9(10)7-12;1-12-9-6-7(4-5-10)2-3-8(9)11;1-2/h2-3,5-6,12H,4,7H2,1H3;2-3,5-6,11H,4H2,1H3;2H,1H3. The molecule has 2 aromatic rings. The lowest BCUT2D eigenvalue weighted by molar-refractivity contribution is -0.108. The van der Waals surface area contributed by atoms with Crippen LogP contribution in [0.2, 0.25) is 0 Å². The maximum Gasteiger partial charge on any atom is 0.160 e. The van der Waals surface area contributed by atoms with Gasteiger partial charge in [0.2, 0.25) is 0 Å². The molecule has 0 radical (unpaired) electrons. The van der Waals surface area contributed by atoms with Gasteiger partial charge in [-0.1, -0.05) is 18.2 Å². The van der Waals surface area contributed by atoms with E-state index in [9.17, 15) is 14.7 Å². The van der Waals surface area contributed by atoms with Crippen molar-refractivity contribution in [1.29, 1.82) is 0 Å². The number of rotatable bonds is 7. The molecule has 0 unspecified atom stereocenters. The largest absolute Gasteiger partial charge is 0.504 e. The number of hydrogen-bond donors (Lipinski definition) is 3. The Hall–Kier alpha value is -2.90. The Morgan fingerprint density at radius 2 is 1.33 bits per heavy atom. The van der Waals surface area contributed by atoms with E-state index in [1.807, 2.05) is 6.07 Å². The van der Waals surface area contributed by atoms with E-state index in [0.717, 1.165) is 36.4 Å². The summed E-state index contributed by atoms with van der Waals surface area (Å²) in [4.78, 5) is 20.4. The molecule has 0 amide bonds. The Morgan fingerprint density at radius 3 is 1.78 bits per heavy atom. The smallest absolute Gasteiger partial charge is 0.160 e. The first-order valence-electron chi connectivity index (χ1n) is 8.04. The molecule has 0 saturated carbocycles. The van der Waals surface area contributed by atoms with Crippen LogP contribution < -0.4 is 9.47 Å². The number of carbonyl (C=O) groups excluding carboxylic acids is 2. The number of aliphatic hydroxyl groups is 2. The van der Waals surface area contributed by atoms with Crippen molar-refractivity contribution < 1.29 is 34.4 Å². The number of methoxy groups -OCH3 is 2. The van der Waals surface area contributed by atoms with Crippen LogP contribution in [0, 0.1) is 0 Å². The number of hydrogen-bond acceptors (Lipinski definition) is 7. The highest BCUT2D eigenvalue weighted by Gasteiger charge is 2.02. The summed E-state index contributed by atoms with van der Waals surface area (Å²) in [5, 5.41) is 25.1. The van der Waals surface area contributed by atoms with Crippen LogP contribution >= 0.6 is 0 Å². The maximum absolute atomic E-state index is 10.2. The van der Waals surface area contributed by atoms with E-state index in [2.05, 4.69) is 0 Å². The molecule has 0 aliphatic heterocycles. The minimum absolute atomic E-state index is 0.0510. The van der Waals surface area contributed by atoms with Gasteiger partial charge >= 0.3 is 0 Å². The Morgan fingerprint density at radius 1 is 0.852 bits per heavy atom. The van der Waals surface area contributed by atoms with E-state index < -0.39 is 0 Å². The Labute approximate surface area is 158 Å². The molecule has 0 aromatic heterocycles. The fraction of sp³-hybridized carbons (Fsp3) is 0.300. The number of carbonyl (C=O) groups is 2. The molecule has 3 N–H and O–H groups in total. The van der Waals surface area contributed by atoms with Crippen molar-refractivity contribution in [3.63, 3.8) is 0 Å². The molecule has 0 saturated heterocycles. The molecule has 0 bridgehead atoms. The number of phenolic OH excluding ortho intramolecular Hbond substituents is 1. The Balaban J connectivity index is 0.000000460. The van der Waals surface area contributed by atoms with Gasteiger partial charge in [0, 0.05) is 25.5 Å². The Kier molecular flexibility index (Phi) is 12.8. The molecule has 0 spiro atoms. The predicted molar refractivity (Wildman–Crippen MR) is 101 cm³/mol. The lowest BCUT2D eigenvalue weighted by atomic mass is 10.1. The van der Waals surface area contributed by atoms with Crippen LogP contribution in [0.15, 0.2) is 36.4 Å². The molecular weight excluding hydrogens is 352 g/mol. The first-order chi connectivity index (χ1) is 13.1. The highest BCUT2D eigenvalue weighted by molar-refractivity contribution is 5.57. The number of aromatic hydroxyl groups is 1. The molecule has 0 fully saturated rings. The van der Waals surface area contributed by atoms with Crippen molar-refractivity contribution in [2.45, 2.75) is 19.4 Å². The quantitative estimate of drug-likeness (QED) is 0.628. The third-order valence-corrected chi connectivity index (χ3v) is 3.40. The second-order valence-electron chi connectivity index (χ2n) is 5.05. The zero-order chi connectivity index (χ0) is 20.7. The predicted octanol–water partition coefficient (Wildman–Crippen LogP) is 1.68. The molecule has 27 heavy (non-hydrogen) atoms. The van der Waals surface area contributed by atoms with Gasteiger partial charge in [0.15, 0.2) is 11.5 Å². The minimum atomic E-state index is -0.0510. The second-order valence-corrected chi connectivity index (χ2v) is 5.05. The van der Waals surface area contributed by atoms with Crippen LogP contribution in [0.25, 0.3) is 0 Å². The van der Waals surface area contributed by atoms with Gasteiger partial charge in [0.1, 0.15) is 18.3 Å². The summed E-state index contributed by atoms with van der Waals surface area (Å²) in [5.41, 5.74) is 2.46. The Bertz CT molecular complexity index is 699. The van der Waals surface area contributed by atoms with Crippen LogP contribution in [-0.2, 0) is 29.0 Å². The number of benzene rings is 2. The molecule has 0 heterocycles. The zero-order valence-corrected chi connectivity index (χ0v) is 15.7. The van der Waals surface area contributed by atoms with Crippen LogP contribution in [0.4, 0.5) is 0 Å². The molecule has 2 rings (SSSR count). The highest BCUT2D eigenvalue weighted by Crippen LogP contribution is 2.26. The van der Waals surface area contributed by atoms with Crippen molar-refractivity contribution in [2.24, 2.45) is 0 Å². The summed E-state index contributed by atoms with van der Waals surface area (Å²) in [6, 6.07) is 10.2. The van der Waals surface area contributed by atoms with Crippen molar-refractivity contribution in [2.75, 3.05) is 21.3 Å². The van der Waals surface area contributed by atoms with Gasteiger partial charge in [-0.25, -0.2) is 0 Å². The van der Waals surface area contributed by atoms with Crippen LogP contribution in [0.1, 0.15) is 16.7 Å². The molecular formula is C20H26O7. The highest BCUT2D eigenvalue weighted by atomic mass is 16.5. The number of aldehydes is 2. The van der Waals surface area contributed by atoms with Gasteiger partial charge in [0.25, 0.3) is 0 Å². The van der Waals surface area contributed by atoms with Crippen LogP contribution in [0.3, 0.4) is 0 Å². The van der Waals surface area contributed by atoms with Gasteiger partial charge in [0.05, 0.1) is 20.8 Å². The summed E-state index contributed by atoms with van der Waals surface area (Å²) in [5.74, 6) is 1.11. The number of phenols is 1. The van der Waals surface area contributed by atoms with Gasteiger partial charge in [-0.2, -0.15) is 0 Å². The molecule has 148 valence electrons. The lowest BCUT2D eigenvalue weighted by Crippen LogP contribution is -1.94.